The number of alkyl halides is 1. The van der Waals surface area contributed by atoms with E-state index in [0.717, 1.165) is 53.2 Å². The number of fused-ring (bicyclic) bond motifs is 1. The van der Waals surface area contributed by atoms with Crippen LogP contribution in [0.5, 0.6) is 23.0 Å². The Bertz CT molecular complexity index is 1180. The maximum atomic E-state index is 12.6. The first-order valence-corrected chi connectivity index (χ1v) is 11.5. The molecule has 0 aliphatic carbocycles. The van der Waals surface area contributed by atoms with Gasteiger partial charge in [-0.25, -0.2) is 0 Å². The number of aromatic hydroxyl groups is 2. The molecule has 5 rings (SSSR count). The summed E-state index contributed by atoms with van der Waals surface area (Å²) in [6, 6.07) is 20.1. The van der Waals surface area contributed by atoms with E-state index in [9.17, 15) is 14.6 Å². The molecule has 176 valence electrons. The topological polar surface area (TPSA) is 62.2 Å². The van der Waals surface area contributed by atoms with Crippen molar-refractivity contribution in [3.63, 3.8) is 0 Å². The van der Waals surface area contributed by atoms with Gasteiger partial charge in [-0.1, -0.05) is 24.3 Å². The second kappa shape index (κ2) is 9.39. The fraction of sp³-hybridized carbons (Fsp3) is 0.286. The molecule has 2 aliphatic rings. The number of allylic oxidation sites excluding steroid dienone is 1. The van der Waals surface area contributed by atoms with Crippen LogP contribution in [-0.4, -0.2) is 48.0 Å². The molecule has 3 aromatic rings. The fourth-order valence-corrected chi connectivity index (χ4v) is 4.67. The highest BCUT2D eigenvalue weighted by Crippen LogP contribution is 2.47. The average Bonchev–Trinajstić information content (AvgIpc) is 2.82. The number of phenols is 2. The number of hydrogen-bond donors (Lipinski definition) is 2. The second-order valence-corrected chi connectivity index (χ2v) is 8.96. The highest BCUT2D eigenvalue weighted by atomic mass is 19.1. The minimum absolute atomic E-state index is 0.183. The molecule has 2 N–H and O–H groups in total. The SMILES string of the molecule is CC1=C(c2ccc(O)cc2)[C@@H](c2ccc(OCCN3CC(CF)C3)cc2)Oc2ccc(O)cc21. The molecular weight excluding hydrogens is 433 g/mol. The Kier molecular flexibility index (Phi) is 6.16. The third kappa shape index (κ3) is 4.46. The molecular formula is C28H28FNO4. The van der Waals surface area contributed by atoms with Crippen molar-refractivity contribution < 1.29 is 24.1 Å². The smallest absolute Gasteiger partial charge is 0.150 e. The van der Waals surface area contributed by atoms with Crippen molar-refractivity contribution in [2.45, 2.75) is 13.0 Å². The van der Waals surface area contributed by atoms with Gasteiger partial charge in [0.15, 0.2) is 0 Å². The molecule has 0 saturated carbocycles. The molecule has 6 heteroatoms. The highest BCUT2D eigenvalue weighted by Gasteiger charge is 2.30. The minimum Gasteiger partial charge on any atom is -0.508 e. The van der Waals surface area contributed by atoms with E-state index >= 15 is 0 Å². The van der Waals surface area contributed by atoms with Crippen LogP contribution in [0.15, 0.2) is 66.7 Å². The van der Waals surface area contributed by atoms with Gasteiger partial charge in [0.1, 0.15) is 35.7 Å². The van der Waals surface area contributed by atoms with E-state index in [-0.39, 0.29) is 30.2 Å². The van der Waals surface area contributed by atoms with E-state index in [1.807, 2.05) is 43.3 Å². The first kappa shape index (κ1) is 22.3. The summed E-state index contributed by atoms with van der Waals surface area (Å²) in [6.07, 6.45) is -0.352. The van der Waals surface area contributed by atoms with Gasteiger partial charge >= 0.3 is 0 Å². The van der Waals surface area contributed by atoms with Crippen LogP contribution in [0.25, 0.3) is 11.1 Å². The predicted molar refractivity (Wildman–Crippen MR) is 130 cm³/mol. The van der Waals surface area contributed by atoms with Crippen LogP contribution in [0, 0.1) is 5.92 Å². The number of benzene rings is 3. The molecule has 0 amide bonds. The summed E-state index contributed by atoms with van der Waals surface area (Å²) in [5.74, 6) is 2.06. The van der Waals surface area contributed by atoms with Crippen LogP contribution in [0.1, 0.15) is 29.7 Å². The van der Waals surface area contributed by atoms with Gasteiger partial charge < -0.3 is 19.7 Å². The number of halogens is 1. The van der Waals surface area contributed by atoms with E-state index in [1.165, 1.54) is 0 Å². The van der Waals surface area contributed by atoms with Crippen molar-refractivity contribution in [1.82, 2.24) is 4.90 Å². The molecule has 1 fully saturated rings. The Balaban J connectivity index is 1.37. The number of rotatable bonds is 7. The zero-order valence-electron chi connectivity index (χ0n) is 19.1. The monoisotopic (exact) mass is 461 g/mol. The van der Waals surface area contributed by atoms with Crippen LogP contribution in [0.2, 0.25) is 0 Å². The molecule has 1 saturated heterocycles. The van der Waals surface area contributed by atoms with Crippen molar-refractivity contribution in [1.29, 1.82) is 0 Å². The van der Waals surface area contributed by atoms with E-state index in [2.05, 4.69) is 4.90 Å². The molecule has 3 aromatic carbocycles. The molecule has 0 bridgehead atoms. The Labute approximate surface area is 198 Å². The summed E-state index contributed by atoms with van der Waals surface area (Å²) in [4.78, 5) is 2.20. The number of nitrogens with zero attached hydrogens (tertiary/aromatic N) is 1. The van der Waals surface area contributed by atoms with Crippen molar-refractivity contribution >= 4 is 11.1 Å². The quantitative estimate of drug-likeness (QED) is 0.491. The molecule has 0 unspecified atom stereocenters. The molecule has 0 spiro atoms. The molecule has 2 heterocycles. The van der Waals surface area contributed by atoms with E-state index in [0.29, 0.717) is 12.4 Å². The highest BCUT2D eigenvalue weighted by molar-refractivity contribution is 5.95. The molecule has 0 aromatic heterocycles. The third-order valence-electron chi connectivity index (χ3n) is 6.57. The van der Waals surface area contributed by atoms with Crippen LogP contribution in [0.3, 0.4) is 0 Å². The number of phenolic OH excluding ortho intramolecular Hbond substituents is 2. The first-order valence-electron chi connectivity index (χ1n) is 11.5. The predicted octanol–water partition coefficient (Wildman–Crippen LogP) is 5.44. The standard InChI is InChI=1S/C28H28FNO4/c1-18-25-14-23(32)8-11-26(25)34-28(27(18)20-2-6-22(31)7-3-20)21-4-9-24(10-5-21)33-13-12-30-16-19(15-29)17-30/h2-11,14,19,28,31-32H,12-13,15-17H2,1H3/t28-/m1/s1. The fourth-order valence-electron chi connectivity index (χ4n) is 4.67. The Morgan fingerprint density at radius 2 is 1.68 bits per heavy atom. The Hall–Kier alpha value is -3.51. The van der Waals surface area contributed by atoms with Gasteiger partial charge in [-0.2, -0.15) is 0 Å². The average molecular weight is 462 g/mol. The summed E-state index contributed by atoms with van der Waals surface area (Å²) >= 11 is 0. The number of likely N-dealkylation sites (tertiary alicyclic amines) is 1. The molecule has 0 radical (unpaired) electrons. The van der Waals surface area contributed by atoms with Gasteiger partial charge in [0, 0.05) is 36.7 Å². The van der Waals surface area contributed by atoms with Crippen LogP contribution < -0.4 is 9.47 Å². The zero-order chi connectivity index (χ0) is 23.7. The normalized spacial score (nSPS) is 18.2. The molecule has 5 nitrogen and oxygen atoms in total. The Morgan fingerprint density at radius 3 is 2.38 bits per heavy atom. The van der Waals surface area contributed by atoms with E-state index in [1.54, 1.807) is 30.3 Å². The van der Waals surface area contributed by atoms with Gasteiger partial charge in [0.05, 0.1) is 6.67 Å². The van der Waals surface area contributed by atoms with E-state index in [4.69, 9.17) is 9.47 Å². The summed E-state index contributed by atoms with van der Waals surface area (Å²) in [7, 11) is 0. The van der Waals surface area contributed by atoms with Crippen molar-refractivity contribution in [3.05, 3.63) is 83.4 Å². The van der Waals surface area contributed by atoms with Gasteiger partial charge in [0.2, 0.25) is 0 Å². The lowest BCUT2D eigenvalue weighted by Gasteiger charge is -2.37. The minimum atomic E-state index is -0.352. The Morgan fingerprint density at radius 1 is 0.971 bits per heavy atom. The summed E-state index contributed by atoms with van der Waals surface area (Å²) in [5.41, 5.74) is 4.75. The van der Waals surface area contributed by atoms with Crippen LogP contribution in [0.4, 0.5) is 4.39 Å². The zero-order valence-corrected chi connectivity index (χ0v) is 19.1. The maximum Gasteiger partial charge on any atom is 0.150 e. The third-order valence-corrected chi connectivity index (χ3v) is 6.57. The lowest BCUT2D eigenvalue weighted by Crippen LogP contribution is -2.49. The van der Waals surface area contributed by atoms with E-state index < -0.39 is 0 Å². The van der Waals surface area contributed by atoms with Crippen molar-refractivity contribution in [2.24, 2.45) is 5.92 Å². The summed E-state index contributed by atoms with van der Waals surface area (Å²) in [6.45, 7) is 4.75. The molecule has 34 heavy (non-hydrogen) atoms. The molecule has 2 aliphatic heterocycles. The maximum absolute atomic E-state index is 12.6. The van der Waals surface area contributed by atoms with Crippen LogP contribution >= 0.6 is 0 Å². The number of ether oxygens (including phenoxy) is 2. The van der Waals surface area contributed by atoms with Gasteiger partial charge in [0.25, 0.3) is 0 Å². The van der Waals surface area contributed by atoms with Crippen molar-refractivity contribution in [3.8, 4) is 23.0 Å². The van der Waals surface area contributed by atoms with Crippen LogP contribution in [-0.2, 0) is 0 Å². The first-order chi connectivity index (χ1) is 16.5. The van der Waals surface area contributed by atoms with Gasteiger partial charge in [-0.05, 0) is 66.1 Å². The molecule has 1 atom stereocenters. The van der Waals surface area contributed by atoms with Gasteiger partial charge in [-0.3, -0.25) is 9.29 Å². The van der Waals surface area contributed by atoms with Gasteiger partial charge in [-0.15, -0.1) is 0 Å². The van der Waals surface area contributed by atoms with Crippen molar-refractivity contribution in [2.75, 3.05) is 32.9 Å². The summed E-state index contributed by atoms with van der Waals surface area (Å²) < 4.78 is 24.9. The number of hydrogen-bond acceptors (Lipinski definition) is 5. The second-order valence-electron chi connectivity index (χ2n) is 8.96. The largest absolute Gasteiger partial charge is 0.508 e. The lowest BCUT2D eigenvalue weighted by atomic mass is 9.86. The lowest BCUT2D eigenvalue weighted by molar-refractivity contribution is 0.0668. The summed E-state index contributed by atoms with van der Waals surface area (Å²) in [5, 5.41) is 19.8.